The summed E-state index contributed by atoms with van der Waals surface area (Å²) >= 11 is 0. The quantitative estimate of drug-likeness (QED) is 0.866. The second kappa shape index (κ2) is 5.69. The van der Waals surface area contributed by atoms with Crippen molar-refractivity contribution in [1.82, 2.24) is 0 Å². The van der Waals surface area contributed by atoms with Crippen LogP contribution < -0.4 is 15.4 Å². The van der Waals surface area contributed by atoms with Gasteiger partial charge in [-0.05, 0) is 6.92 Å². The van der Waals surface area contributed by atoms with Crippen LogP contribution in [0, 0.1) is 5.82 Å². The number of rotatable bonds is 3. The van der Waals surface area contributed by atoms with Crippen molar-refractivity contribution in [3.05, 3.63) is 17.9 Å². The van der Waals surface area contributed by atoms with E-state index < -0.39 is 11.6 Å². The van der Waals surface area contributed by atoms with Crippen molar-refractivity contribution in [3.63, 3.8) is 0 Å². The van der Waals surface area contributed by atoms with Gasteiger partial charge in [-0.3, -0.25) is 0 Å². The van der Waals surface area contributed by atoms with Crippen LogP contribution in [0.1, 0.15) is 19.8 Å². The molecule has 2 aliphatic rings. The average molecular weight is 296 g/mol. The number of nitrogen functional groups attached to an aromatic ring is 1. The predicted octanol–water partition coefficient (Wildman–Crippen LogP) is 2.15. The highest BCUT2D eigenvalue weighted by atomic mass is 19.1. The third kappa shape index (κ3) is 2.78. The molecule has 0 unspecified atom stereocenters. The van der Waals surface area contributed by atoms with E-state index >= 15 is 0 Å². The van der Waals surface area contributed by atoms with Crippen LogP contribution in [0.15, 0.2) is 12.1 Å². The summed E-state index contributed by atoms with van der Waals surface area (Å²) in [6, 6.07) is 3.01. The molecule has 2 N–H and O–H groups in total. The van der Waals surface area contributed by atoms with Crippen LogP contribution in [0.4, 0.5) is 15.8 Å². The van der Waals surface area contributed by atoms with Gasteiger partial charge >= 0.3 is 0 Å². The van der Waals surface area contributed by atoms with E-state index in [1.54, 1.807) is 6.07 Å². The maximum Gasteiger partial charge on any atom is 0.171 e. The number of nitrogens with two attached hydrogens (primary N) is 1. The summed E-state index contributed by atoms with van der Waals surface area (Å²) in [6.45, 7) is 5.10. The van der Waals surface area contributed by atoms with Crippen LogP contribution in [0.5, 0.6) is 5.75 Å². The fourth-order valence-corrected chi connectivity index (χ4v) is 2.97. The summed E-state index contributed by atoms with van der Waals surface area (Å²) in [5.74, 6) is -0.599. The minimum atomic E-state index is -0.423. The summed E-state index contributed by atoms with van der Waals surface area (Å²) in [7, 11) is 0. The zero-order valence-corrected chi connectivity index (χ0v) is 12.2. The van der Waals surface area contributed by atoms with E-state index in [4.69, 9.17) is 19.9 Å². The van der Waals surface area contributed by atoms with Gasteiger partial charge in [-0.25, -0.2) is 4.39 Å². The highest BCUT2D eigenvalue weighted by Crippen LogP contribution is 2.37. The topological polar surface area (TPSA) is 57.0 Å². The lowest BCUT2D eigenvalue weighted by Crippen LogP contribution is -2.45. The lowest BCUT2D eigenvalue weighted by molar-refractivity contribution is -0.169. The second-order valence-corrected chi connectivity index (χ2v) is 5.37. The lowest BCUT2D eigenvalue weighted by Gasteiger charge is -2.39. The largest absolute Gasteiger partial charge is 0.491 e. The minimum absolute atomic E-state index is 0.246. The van der Waals surface area contributed by atoms with Gasteiger partial charge in [-0.1, -0.05) is 0 Å². The maximum absolute atomic E-state index is 13.8. The molecule has 0 bridgehead atoms. The van der Waals surface area contributed by atoms with Crippen LogP contribution in [0.2, 0.25) is 0 Å². The number of hydrogen-bond donors (Lipinski definition) is 1. The molecule has 2 fully saturated rings. The number of nitrogens with zero attached hydrogens (tertiary/aromatic N) is 1. The molecule has 5 nitrogen and oxygen atoms in total. The monoisotopic (exact) mass is 296 g/mol. The Bertz CT molecular complexity index is 508. The van der Waals surface area contributed by atoms with E-state index in [1.807, 2.05) is 6.92 Å². The number of benzene rings is 1. The number of piperidine rings is 1. The normalized spacial score (nSPS) is 21.0. The molecule has 1 spiro atoms. The third-order valence-electron chi connectivity index (χ3n) is 4.06. The standard InChI is InChI=1S/C15H21FN2O3/c1-2-19-14-10-13(12(17)9-11(14)16)18-5-3-15(4-6-18)20-7-8-21-15/h9-10H,2-8,17H2,1H3. The minimum Gasteiger partial charge on any atom is -0.491 e. The lowest BCUT2D eigenvalue weighted by atomic mass is 10.0. The molecule has 6 heteroatoms. The number of hydrogen-bond acceptors (Lipinski definition) is 5. The van der Waals surface area contributed by atoms with E-state index in [-0.39, 0.29) is 5.75 Å². The first-order valence-electron chi connectivity index (χ1n) is 7.38. The van der Waals surface area contributed by atoms with Crippen LogP contribution in [-0.2, 0) is 9.47 Å². The molecule has 1 aromatic rings. The summed E-state index contributed by atoms with van der Waals surface area (Å²) in [4.78, 5) is 2.13. The number of ether oxygens (including phenoxy) is 3. The molecule has 0 atom stereocenters. The third-order valence-corrected chi connectivity index (χ3v) is 4.06. The Labute approximate surface area is 123 Å². The Kier molecular flexibility index (Phi) is 3.91. The summed E-state index contributed by atoms with van der Waals surface area (Å²) in [5.41, 5.74) is 7.21. The van der Waals surface area contributed by atoms with Gasteiger partial charge in [0.25, 0.3) is 0 Å². The van der Waals surface area contributed by atoms with E-state index in [0.717, 1.165) is 31.6 Å². The Balaban J connectivity index is 1.76. The first-order valence-corrected chi connectivity index (χ1v) is 7.38. The molecule has 2 saturated heterocycles. The Morgan fingerprint density at radius 3 is 2.57 bits per heavy atom. The summed E-state index contributed by atoms with van der Waals surface area (Å²) in [6.07, 6.45) is 1.57. The van der Waals surface area contributed by atoms with E-state index in [1.165, 1.54) is 6.07 Å². The summed E-state index contributed by atoms with van der Waals surface area (Å²) in [5, 5.41) is 0. The molecule has 0 radical (unpaired) electrons. The zero-order valence-electron chi connectivity index (χ0n) is 12.2. The van der Waals surface area contributed by atoms with Crippen LogP contribution in [0.25, 0.3) is 0 Å². The Morgan fingerprint density at radius 2 is 1.95 bits per heavy atom. The molecular formula is C15H21FN2O3. The molecule has 3 rings (SSSR count). The van der Waals surface area contributed by atoms with Crippen molar-refractivity contribution in [2.24, 2.45) is 0 Å². The molecule has 0 amide bonds. The molecule has 1 aromatic carbocycles. The Hall–Kier alpha value is -1.53. The summed E-state index contributed by atoms with van der Waals surface area (Å²) < 4.78 is 30.5. The molecule has 0 aromatic heterocycles. The van der Waals surface area contributed by atoms with Gasteiger partial charge in [-0.15, -0.1) is 0 Å². The first-order chi connectivity index (χ1) is 10.1. The highest BCUT2D eigenvalue weighted by molar-refractivity contribution is 5.70. The molecule has 2 aliphatic heterocycles. The molecule has 0 aliphatic carbocycles. The fraction of sp³-hybridized carbons (Fsp3) is 0.600. The molecule has 2 heterocycles. The smallest absolute Gasteiger partial charge is 0.171 e. The Morgan fingerprint density at radius 1 is 1.29 bits per heavy atom. The number of halogens is 1. The van der Waals surface area contributed by atoms with E-state index in [2.05, 4.69) is 4.90 Å². The zero-order chi connectivity index (χ0) is 14.9. The number of anilines is 2. The SMILES string of the molecule is CCOc1cc(N2CCC3(CC2)OCCO3)c(N)cc1F. The maximum atomic E-state index is 13.8. The first kappa shape index (κ1) is 14.4. The van der Waals surface area contributed by atoms with E-state index in [0.29, 0.717) is 25.5 Å². The van der Waals surface area contributed by atoms with Gasteiger partial charge in [0.05, 0.1) is 31.2 Å². The fourth-order valence-electron chi connectivity index (χ4n) is 2.97. The molecule has 21 heavy (non-hydrogen) atoms. The van der Waals surface area contributed by atoms with Gasteiger partial charge in [-0.2, -0.15) is 0 Å². The van der Waals surface area contributed by atoms with Gasteiger partial charge in [0.2, 0.25) is 0 Å². The van der Waals surface area contributed by atoms with E-state index in [9.17, 15) is 4.39 Å². The van der Waals surface area contributed by atoms with Gasteiger partial charge in [0, 0.05) is 38.1 Å². The van der Waals surface area contributed by atoms with Crippen molar-refractivity contribution < 1.29 is 18.6 Å². The second-order valence-electron chi connectivity index (χ2n) is 5.37. The molecule has 116 valence electrons. The van der Waals surface area contributed by atoms with Crippen molar-refractivity contribution in [1.29, 1.82) is 0 Å². The van der Waals surface area contributed by atoms with Crippen molar-refractivity contribution in [3.8, 4) is 5.75 Å². The van der Waals surface area contributed by atoms with Gasteiger partial charge in [0.15, 0.2) is 17.4 Å². The van der Waals surface area contributed by atoms with Gasteiger partial charge in [0.1, 0.15) is 0 Å². The van der Waals surface area contributed by atoms with Crippen LogP contribution in [0.3, 0.4) is 0 Å². The highest BCUT2D eigenvalue weighted by Gasteiger charge is 2.40. The molecular weight excluding hydrogens is 275 g/mol. The average Bonchev–Trinajstić information content (AvgIpc) is 2.92. The molecule has 0 saturated carbocycles. The van der Waals surface area contributed by atoms with Crippen molar-refractivity contribution >= 4 is 11.4 Å². The van der Waals surface area contributed by atoms with Crippen LogP contribution >= 0.6 is 0 Å². The van der Waals surface area contributed by atoms with Gasteiger partial charge < -0.3 is 24.8 Å². The van der Waals surface area contributed by atoms with Crippen molar-refractivity contribution in [2.45, 2.75) is 25.6 Å². The van der Waals surface area contributed by atoms with Crippen molar-refractivity contribution in [2.75, 3.05) is 43.5 Å². The van der Waals surface area contributed by atoms with Crippen LogP contribution in [-0.4, -0.2) is 38.7 Å². The predicted molar refractivity (Wildman–Crippen MR) is 78.1 cm³/mol.